The monoisotopic (exact) mass is 618 g/mol. The van der Waals surface area contributed by atoms with Crippen LogP contribution < -0.4 is 4.74 Å². The molecule has 0 aliphatic carbocycles. The van der Waals surface area contributed by atoms with Gasteiger partial charge in [0.25, 0.3) is 0 Å². The lowest BCUT2D eigenvalue weighted by Gasteiger charge is -2.34. The molecule has 2 aromatic carbocycles. The zero-order chi connectivity index (χ0) is 31.4. The second-order valence-corrected chi connectivity index (χ2v) is 12.8. The van der Waals surface area contributed by atoms with Crippen molar-refractivity contribution in [3.8, 4) is 17.0 Å². The fourth-order valence-electron chi connectivity index (χ4n) is 6.11. The second kappa shape index (κ2) is 13.7. The summed E-state index contributed by atoms with van der Waals surface area (Å²) >= 11 is 6.09. The molecule has 0 atom stereocenters. The number of hydrogen-bond donors (Lipinski definition) is 0. The molecule has 6 nitrogen and oxygen atoms in total. The van der Waals surface area contributed by atoms with Gasteiger partial charge in [-0.3, -0.25) is 0 Å². The number of hydrogen-bond acceptors (Lipinski definition) is 4. The van der Waals surface area contributed by atoms with Crippen LogP contribution >= 0.6 is 11.6 Å². The standard InChI is InChI=1S/C33H42ClF3N4O2/c1-24-28(26-13-15-27(34)16-14-26)30(41(29(24)33(35,36)37)21-25-11-7-6-8-12-25)43-31(42)39(5)23-32(2,3)22-38(4)19-20-40-17-9-10-18-40/h6-8,11-16H,9-10,17-23H2,1-5H3. The quantitative estimate of drug-likeness (QED) is 0.221. The zero-order valence-corrected chi connectivity index (χ0v) is 26.4. The highest BCUT2D eigenvalue weighted by atomic mass is 35.5. The highest BCUT2D eigenvalue weighted by Gasteiger charge is 2.41. The Morgan fingerprint density at radius 2 is 1.60 bits per heavy atom. The predicted octanol–water partition coefficient (Wildman–Crippen LogP) is 7.67. The van der Waals surface area contributed by atoms with E-state index >= 15 is 0 Å². The molecule has 2 heterocycles. The van der Waals surface area contributed by atoms with E-state index in [0.717, 1.165) is 37.3 Å². The average Bonchev–Trinajstić information content (AvgIpc) is 3.54. The molecule has 1 aromatic heterocycles. The van der Waals surface area contributed by atoms with E-state index in [1.54, 1.807) is 61.6 Å². The summed E-state index contributed by atoms with van der Waals surface area (Å²) in [7, 11) is 3.70. The molecule has 0 N–H and O–H groups in total. The molecule has 0 bridgehead atoms. The van der Waals surface area contributed by atoms with Gasteiger partial charge in [-0.1, -0.05) is 67.9 Å². The van der Waals surface area contributed by atoms with E-state index in [-0.39, 0.29) is 29.0 Å². The van der Waals surface area contributed by atoms with E-state index < -0.39 is 18.0 Å². The molecule has 0 spiro atoms. The largest absolute Gasteiger partial charge is 0.431 e. The first-order valence-corrected chi connectivity index (χ1v) is 15.1. The smallest absolute Gasteiger partial charge is 0.392 e. The van der Waals surface area contributed by atoms with Crippen molar-refractivity contribution in [3.63, 3.8) is 0 Å². The van der Waals surface area contributed by atoms with Crippen molar-refractivity contribution in [1.82, 2.24) is 19.3 Å². The van der Waals surface area contributed by atoms with E-state index in [1.165, 1.54) is 24.7 Å². The van der Waals surface area contributed by atoms with Crippen LogP contribution in [-0.2, 0) is 12.7 Å². The van der Waals surface area contributed by atoms with Crippen molar-refractivity contribution >= 4 is 17.7 Å². The molecule has 3 aromatic rings. The molecule has 0 unspecified atom stereocenters. The molecule has 1 amide bonds. The molecule has 0 radical (unpaired) electrons. The van der Waals surface area contributed by atoms with Crippen LogP contribution in [0.15, 0.2) is 54.6 Å². The lowest BCUT2D eigenvalue weighted by molar-refractivity contribution is -0.144. The van der Waals surface area contributed by atoms with Crippen molar-refractivity contribution in [2.45, 2.75) is 46.3 Å². The third kappa shape index (κ3) is 8.55. The number of aromatic nitrogens is 1. The minimum absolute atomic E-state index is 0.0174. The van der Waals surface area contributed by atoms with Gasteiger partial charge in [-0.25, -0.2) is 4.79 Å². The van der Waals surface area contributed by atoms with E-state index in [4.69, 9.17) is 16.3 Å². The summed E-state index contributed by atoms with van der Waals surface area (Å²) < 4.78 is 50.7. The number of carbonyl (C=O) groups is 1. The predicted molar refractivity (Wildman–Crippen MR) is 166 cm³/mol. The summed E-state index contributed by atoms with van der Waals surface area (Å²) in [6, 6.07) is 15.3. The number of ether oxygens (including phenoxy) is 1. The third-order valence-corrected chi connectivity index (χ3v) is 8.15. The first kappa shape index (κ1) is 32.9. The number of alkyl halides is 3. The van der Waals surface area contributed by atoms with Gasteiger partial charge in [0.15, 0.2) is 0 Å². The maximum absolute atomic E-state index is 14.6. The Morgan fingerprint density at radius 3 is 2.21 bits per heavy atom. The van der Waals surface area contributed by atoms with Crippen LogP contribution in [-0.4, -0.2) is 78.7 Å². The minimum Gasteiger partial charge on any atom is -0.392 e. The molecule has 1 aliphatic rings. The molecule has 0 saturated carbocycles. The highest BCUT2D eigenvalue weighted by molar-refractivity contribution is 6.30. The maximum Gasteiger partial charge on any atom is 0.431 e. The van der Waals surface area contributed by atoms with Crippen LogP contribution in [0.25, 0.3) is 11.1 Å². The molecule has 43 heavy (non-hydrogen) atoms. The van der Waals surface area contributed by atoms with E-state index in [9.17, 15) is 18.0 Å². The molecule has 10 heteroatoms. The van der Waals surface area contributed by atoms with Gasteiger partial charge in [0, 0.05) is 43.8 Å². The molecular formula is C33H42ClF3N4O2. The first-order valence-electron chi connectivity index (χ1n) is 14.7. The number of nitrogens with zero attached hydrogens (tertiary/aromatic N) is 4. The number of amides is 1. The van der Waals surface area contributed by atoms with Gasteiger partial charge in [-0.2, -0.15) is 13.2 Å². The third-order valence-electron chi connectivity index (χ3n) is 7.90. The number of carbonyl (C=O) groups excluding carboxylic acids is 1. The summed E-state index contributed by atoms with van der Waals surface area (Å²) in [5.41, 5.74) is 0.176. The minimum atomic E-state index is -4.68. The molecule has 1 saturated heterocycles. The van der Waals surface area contributed by atoms with Crippen molar-refractivity contribution in [1.29, 1.82) is 0 Å². The normalized spacial score (nSPS) is 14.5. The van der Waals surface area contributed by atoms with E-state index in [0.29, 0.717) is 22.7 Å². The lowest BCUT2D eigenvalue weighted by Crippen LogP contribution is -2.44. The Hall–Kier alpha value is -3.01. The van der Waals surface area contributed by atoms with Gasteiger partial charge in [-0.15, -0.1) is 0 Å². The average molecular weight is 619 g/mol. The Kier molecular flexibility index (Phi) is 10.5. The van der Waals surface area contributed by atoms with Gasteiger partial charge in [0.1, 0.15) is 5.69 Å². The Balaban J connectivity index is 1.61. The summed E-state index contributed by atoms with van der Waals surface area (Å²) in [5.74, 6) is -0.145. The summed E-state index contributed by atoms with van der Waals surface area (Å²) in [4.78, 5) is 19.7. The molecule has 234 valence electrons. The number of likely N-dealkylation sites (tertiary alicyclic amines) is 1. The summed E-state index contributed by atoms with van der Waals surface area (Å²) in [5, 5.41) is 0.451. The lowest BCUT2D eigenvalue weighted by atomic mass is 9.92. The van der Waals surface area contributed by atoms with Crippen LogP contribution in [0.2, 0.25) is 5.02 Å². The topological polar surface area (TPSA) is 41.0 Å². The number of rotatable bonds is 11. The van der Waals surface area contributed by atoms with Crippen molar-refractivity contribution in [3.05, 3.63) is 76.4 Å². The van der Waals surface area contributed by atoms with Crippen LogP contribution in [0, 0.1) is 12.3 Å². The molecular weight excluding hydrogens is 577 g/mol. The maximum atomic E-state index is 14.6. The Labute approximate surface area is 258 Å². The van der Waals surface area contributed by atoms with Gasteiger partial charge < -0.3 is 24.0 Å². The van der Waals surface area contributed by atoms with Crippen molar-refractivity contribution in [2.24, 2.45) is 5.41 Å². The second-order valence-electron chi connectivity index (χ2n) is 12.4. The SMILES string of the molecule is Cc1c(-c2ccc(Cl)cc2)c(OC(=O)N(C)CC(C)(C)CN(C)CCN2CCCC2)n(Cc2ccccc2)c1C(F)(F)F. The van der Waals surface area contributed by atoms with Crippen LogP contribution in [0.4, 0.5) is 18.0 Å². The van der Waals surface area contributed by atoms with E-state index in [2.05, 4.69) is 30.7 Å². The molecule has 1 fully saturated rings. The van der Waals surface area contributed by atoms with Crippen molar-refractivity contribution < 1.29 is 22.7 Å². The van der Waals surface area contributed by atoms with Crippen molar-refractivity contribution in [2.75, 3.05) is 53.4 Å². The zero-order valence-electron chi connectivity index (χ0n) is 25.7. The Bertz CT molecular complexity index is 1370. The van der Waals surface area contributed by atoms with Crippen LogP contribution in [0.1, 0.15) is 43.5 Å². The van der Waals surface area contributed by atoms with Gasteiger partial charge in [0.05, 0.1) is 6.54 Å². The fraction of sp³-hybridized carbons (Fsp3) is 0.485. The van der Waals surface area contributed by atoms with Gasteiger partial charge in [-0.05, 0) is 74.1 Å². The van der Waals surface area contributed by atoms with Gasteiger partial charge >= 0.3 is 12.3 Å². The number of likely N-dealkylation sites (N-methyl/N-ethyl adjacent to an activating group) is 1. The molecule has 4 rings (SSSR count). The number of halogens is 4. The Morgan fingerprint density at radius 1 is 0.977 bits per heavy atom. The first-order chi connectivity index (χ1) is 20.2. The summed E-state index contributed by atoms with van der Waals surface area (Å²) in [6.45, 7) is 10.8. The fourth-order valence-corrected chi connectivity index (χ4v) is 6.23. The van der Waals surface area contributed by atoms with E-state index in [1.807, 2.05) is 0 Å². The summed E-state index contributed by atoms with van der Waals surface area (Å²) in [6.07, 6.45) is -2.90. The highest BCUT2D eigenvalue weighted by Crippen LogP contribution is 2.45. The van der Waals surface area contributed by atoms with Crippen LogP contribution in [0.3, 0.4) is 0 Å². The van der Waals surface area contributed by atoms with Crippen LogP contribution in [0.5, 0.6) is 5.88 Å². The van der Waals surface area contributed by atoms with Gasteiger partial charge in [0.2, 0.25) is 5.88 Å². The number of benzene rings is 2. The molecule has 1 aliphatic heterocycles.